The van der Waals surface area contributed by atoms with Gasteiger partial charge >= 0.3 is 0 Å². The average molecular weight is 422 g/mol. The Morgan fingerprint density at radius 2 is 2.13 bits per heavy atom. The molecule has 2 aromatic heterocycles. The van der Waals surface area contributed by atoms with Gasteiger partial charge in [-0.05, 0) is 30.2 Å². The number of hydrogen-bond donors (Lipinski definition) is 1. The third-order valence-corrected chi connectivity index (χ3v) is 5.24. The van der Waals surface area contributed by atoms with Crippen LogP contribution in [0.4, 0.5) is 5.82 Å². The SMILES string of the molecule is O=C(NCCc1ccc2c(c1)OCO2)C1COCCN1c1ccnc(-n2ccnc2)n1. The highest BCUT2D eigenvalue weighted by Crippen LogP contribution is 2.32. The van der Waals surface area contributed by atoms with E-state index in [0.717, 1.165) is 17.1 Å². The van der Waals surface area contributed by atoms with Crippen LogP contribution in [0.15, 0.2) is 49.2 Å². The van der Waals surface area contributed by atoms with Crippen LogP contribution in [0.3, 0.4) is 0 Å². The van der Waals surface area contributed by atoms with Crippen molar-refractivity contribution < 1.29 is 19.0 Å². The maximum atomic E-state index is 12.9. The Morgan fingerprint density at radius 1 is 1.19 bits per heavy atom. The lowest BCUT2D eigenvalue weighted by molar-refractivity contribution is -0.124. The number of benzene rings is 1. The van der Waals surface area contributed by atoms with Gasteiger partial charge in [0.25, 0.3) is 0 Å². The van der Waals surface area contributed by atoms with E-state index in [1.165, 1.54) is 0 Å². The molecule has 0 saturated carbocycles. The molecular weight excluding hydrogens is 400 g/mol. The molecule has 10 nitrogen and oxygen atoms in total. The lowest BCUT2D eigenvalue weighted by Crippen LogP contribution is -2.54. The van der Waals surface area contributed by atoms with Gasteiger partial charge in [0.1, 0.15) is 18.2 Å². The highest BCUT2D eigenvalue weighted by Gasteiger charge is 2.30. The molecule has 5 rings (SSSR count). The van der Waals surface area contributed by atoms with Crippen molar-refractivity contribution in [1.29, 1.82) is 0 Å². The Hall–Kier alpha value is -3.66. The van der Waals surface area contributed by atoms with Crippen LogP contribution in [0.2, 0.25) is 0 Å². The number of carbonyl (C=O) groups excluding carboxylic acids is 1. The monoisotopic (exact) mass is 422 g/mol. The summed E-state index contributed by atoms with van der Waals surface area (Å²) in [6, 6.07) is 7.16. The lowest BCUT2D eigenvalue weighted by atomic mass is 10.1. The Labute approximate surface area is 178 Å². The number of fused-ring (bicyclic) bond motifs is 1. The highest BCUT2D eigenvalue weighted by molar-refractivity contribution is 5.85. The number of aromatic nitrogens is 4. The van der Waals surface area contributed by atoms with E-state index in [0.29, 0.717) is 44.5 Å². The first-order valence-electron chi connectivity index (χ1n) is 10.1. The van der Waals surface area contributed by atoms with Crippen molar-refractivity contribution >= 4 is 11.7 Å². The molecule has 31 heavy (non-hydrogen) atoms. The van der Waals surface area contributed by atoms with Gasteiger partial charge in [0.05, 0.1) is 13.2 Å². The zero-order chi connectivity index (χ0) is 21.0. The molecule has 4 heterocycles. The third-order valence-electron chi connectivity index (χ3n) is 5.24. The van der Waals surface area contributed by atoms with Gasteiger partial charge in [-0.15, -0.1) is 0 Å². The van der Waals surface area contributed by atoms with E-state index in [4.69, 9.17) is 14.2 Å². The number of rotatable bonds is 6. The number of carbonyl (C=O) groups is 1. The molecule has 2 aliphatic rings. The zero-order valence-electron chi connectivity index (χ0n) is 16.8. The van der Waals surface area contributed by atoms with Crippen molar-refractivity contribution in [3.05, 3.63) is 54.7 Å². The number of hydrogen-bond acceptors (Lipinski definition) is 8. The summed E-state index contributed by atoms with van der Waals surface area (Å²) in [5, 5.41) is 3.02. The largest absolute Gasteiger partial charge is 0.454 e. The second-order valence-electron chi connectivity index (χ2n) is 7.20. The standard InChI is InChI=1S/C21H22N6O4/c28-20(23-5-3-15-1-2-17-18(11-15)31-14-30-17)16-12-29-10-9-27(16)19-4-6-24-21(25-19)26-8-7-22-13-26/h1-2,4,6-8,11,13,16H,3,5,9-10,12,14H2,(H,23,28). The molecule has 1 amide bonds. The lowest BCUT2D eigenvalue weighted by Gasteiger charge is -2.35. The number of imidazole rings is 1. The van der Waals surface area contributed by atoms with E-state index in [9.17, 15) is 4.79 Å². The van der Waals surface area contributed by atoms with Crippen LogP contribution in [0.5, 0.6) is 11.5 Å². The molecule has 1 aromatic carbocycles. The first-order valence-corrected chi connectivity index (χ1v) is 10.1. The first kappa shape index (κ1) is 19.3. The molecule has 1 N–H and O–H groups in total. The van der Waals surface area contributed by atoms with Gasteiger partial charge in [-0.3, -0.25) is 9.36 Å². The van der Waals surface area contributed by atoms with Crippen LogP contribution in [0, 0.1) is 0 Å². The van der Waals surface area contributed by atoms with Crippen molar-refractivity contribution in [1.82, 2.24) is 24.8 Å². The Balaban J connectivity index is 1.24. The van der Waals surface area contributed by atoms with Crippen LogP contribution < -0.4 is 19.7 Å². The summed E-state index contributed by atoms with van der Waals surface area (Å²) in [4.78, 5) is 27.8. The predicted octanol–water partition coefficient (Wildman–Crippen LogP) is 0.955. The van der Waals surface area contributed by atoms with Gasteiger partial charge in [0.15, 0.2) is 11.5 Å². The highest BCUT2D eigenvalue weighted by atomic mass is 16.7. The molecule has 3 aromatic rings. The van der Waals surface area contributed by atoms with Crippen molar-refractivity contribution in [3.8, 4) is 17.4 Å². The minimum absolute atomic E-state index is 0.0942. The maximum absolute atomic E-state index is 12.9. The maximum Gasteiger partial charge on any atom is 0.245 e. The fourth-order valence-corrected chi connectivity index (χ4v) is 3.64. The molecule has 0 aliphatic carbocycles. The van der Waals surface area contributed by atoms with Crippen LogP contribution >= 0.6 is 0 Å². The molecular formula is C21H22N6O4. The number of anilines is 1. The predicted molar refractivity (Wildman–Crippen MR) is 110 cm³/mol. The summed E-state index contributed by atoms with van der Waals surface area (Å²) in [6.45, 7) is 2.16. The summed E-state index contributed by atoms with van der Waals surface area (Å²) in [5.74, 6) is 2.58. The minimum atomic E-state index is -0.462. The van der Waals surface area contributed by atoms with Gasteiger partial charge in [-0.2, -0.15) is 4.98 Å². The smallest absolute Gasteiger partial charge is 0.245 e. The Bertz CT molecular complexity index is 1060. The third kappa shape index (κ3) is 4.15. The summed E-state index contributed by atoms with van der Waals surface area (Å²) in [7, 11) is 0. The number of nitrogens with one attached hydrogen (secondary N) is 1. The molecule has 160 valence electrons. The summed E-state index contributed by atoms with van der Waals surface area (Å²) in [6.07, 6.45) is 7.45. The van der Waals surface area contributed by atoms with E-state index in [2.05, 4.69) is 20.3 Å². The van der Waals surface area contributed by atoms with Crippen molar-refractivity contribution in [2.75, 3.05) is 38.0 Å². The number of ether oxygens (including phenoxy) is 3. The van der Waals surface area contributed by atoms with Crippen molar-refractivity contribution in [2.24, 2.45) is 0 Å². The molecule has 2 aliphatic heterocycles. The number of morpholine rings is 1. The molecule has 0 radical (unpaired) electrons. The second kappa shape index (κ2) is 8.60. The zero-order valence-corrected chi connectivity index (χ0v) is 16.8. The summed E-state index contributed by atoms with van der Waals surface area (Å²) < 4.78 is 18.1. The van der Waals surface area contributed by atoms with E-state index in [1.807, 2.05) is 23.1 Å². The molecule has 10 heteroatoms. The summed E-state index contributed by atoms with van der Waals surface area (Å²) >= 11 is 0. The molecule has 0 bridgehead atoms. The van der Waals surface area contributed by atoms with Crippen LogP contribution in [0.1, 0.15) is 5.56 Å². The fourth-order valence-electron chi connectivity index (χ4n) is 3.64. The van der Waals surface area contributed by atoms with E-state index in [1.54, 1.807) is 35.6 Å². The quantitative estimate of drug-likeness (QED) is 0.626. The summed E-state index contributed by atoms with van der Waals surface area (Å²) in [5.41, 5.74) is 1.07. The van der Waals surface area contributed by atoms with E-state index < -0.39 is 6.04 Å². The topological polar surface area (TPSA) is 104 Å². The number of nitrogens with zero attached hydrogens (tertiary/aromatic N) is 5. The van der Waals surface area contributed by atoms with Crippen LogP contribution in [-0.4, -0.2) is 64.6 Å². The molecule has 1 saturated heterocycles. The molecule has 1 unspecified atom stereocenters. The molecule has 1 atom stereocenters. The Morgan fingerprint density at radius 3 is 3.03 bits per heavy atom. The van der Waals surface area contributed by atoms with E-state index >= 15 is 0 Å². The van der Waals surface area contributed by atoms with Gasteiger partial charge in [0.2, 0.25) is 18.6 Å². The number of amides is 1. The average Bonchev–Trinajstić information content (AvgIpc) is 3.51. The van der Waals surface area contributed by atoms with Crippen LogP contribution in [0.25, 0.3) is 5.95 Å². The van der Waals surface area contributed by atoms with Gasteiger partial charge in [0, 0.05) is 31.7 Å². The van der Waals surface area contributed by atoms with Crippen LogP contribution in [-0.2, 0) is 16.0 Å². The van der Waals surface area contributed by atoms with Crippen molar-refractivity contribution in [2.45, 2.75) is 12.5 Å². The van der Waals surface area contributed by atoms with Crippen molar-refractivity contribution in [3.63, 3.8) is 0 Å². The van der Waals surface area contributed by atoms with E-state index in [-0.39, 0.29) is 12.7 Å². The second-order valence-corrected chi connectivity index (χ2v) is 7.20. The fraction of sp³-hybridized carbons (Fsp3) is 0.333. The first-order chi connectivity index (χ1) is 15.3. The molecule has 0 spiro atoms. The normalized spacial score (nSPS) is 17.5. The Kier molecular flexibility index (Phi) is 5.36. The molecule has 1 fully saturated rings. The van der Waals surface area contributed by atoms with Gasteiger partial charge in [-0.1, -0.05) is 6.07 Å². The van der Waals surface area contributed by atoms with Gasteiger partial charge < -0.3 is 24.4 Å². The minimum Gasteiger partial charge on any atom is -0.454 e. The van der Waals surface area contributed by atoms with Gasteiger partial charge in [-0.25, -0.2) is 9.97 Å².